The van der Waals surface area contributed by atoms with Crippen LogP contribution in [0.2, 0.25) is 5.02 Å². The number of hydrogen-bond donors (Lipinski definition) is 0. The summed E-state index contributed by atoms with van der Waals surface area (Å²) in [5.41, 5.74) is 0.868. The first-order valence-electron chi connectivity index (χ1n) is 5.90. The normalized spacial score (nSPS) is 17.7. The fraction of sp³-hybridized carbons (Fsp3) is 0.267. The van der Waals surface area contributed by atoms with Gasteiger partial charge >= 0.3 is 0 Å². The lowest BCUT2D eigenvalue weighted by Crippen LogP contribution is -2.35. The number of rotatable bonds is 2. The van der Waals surface area contributed by atoms with Crippen molar-refractivity contribution < 1.29 is 4.79 Å². The predicted octanol–water partition coefficient (Wildman–Crippen LogP) is 4.11. The van der Waals surface area contributed by atoms with Crippen molar-refractivity contribution in [3.63, 3.8) is 0 Å². The van der Waals surface area contributed by atoms with Crippen molar-refractivity contribution in [3.8, 4) is 0 Å². The van der Waals surface area contributed by atoms with Crippen LogP contribution in [-0.4, -0.2) is 6.29 Å². The molecule has 0 radical (unpaired) electrons. The number of carbonyl (C=O) groups excluding carboxylic acids is 1. The fourth-order valence-electron chi connectivity index (χ4n) is 2.58. The summed E-state index contributed by atoms with van der Waals surface area (Å²) in [4.78, 5) is 11.3. The molecule has 0 unspecified atom stereocenters. The SMILES string of the molecule is O=CC1(c2ccc3cccc(Cl)c3c2)CCC1. The molecule has 0 aromatic heterocycles. The van der Waals surface area contributed by atoms with Gasteiger partial charge in [0.25, 0.3) is 0 Å². The molecule has 2 aromatic carbocycles. The summed E-state index contributed by atoms with van der Waals surface area (Å²) in [5.74, 6) is 0. The van der Waals surface area contributed by atoms with E-state index in [0.717, 1.165) is 46.9 Å². The summed E-state index contributed by atoms with van der Waals surface area (Å²) < 4.78 is 0. The third kappa shape index (κ3) is 1.57. The van der Waals surface area contributed by atoms with Crippen LogP contribution in [0, 0.1) is 0 Å². The van der Waals surface area contributed by atoms with Gasteiger partial charge in [0.05, 0.1) is 5.41 Å². The second kappa shape index (κ2) is 3.85. The highest BCUT2D eigenvalue weighted by Gasteiger charge is 2.38. The van der Waals surface area contributed by atoms with Gasteiger partial charge in [-0.2, -0.15) is 0 Å². The fourth-order valence-corrected chi connectivity index (χ4v) is 2.81. The lowest BCUT2D eigenvalue weighted by molar-refractivity contribution is -0.115. The topological polar surface area (TPSA) is 17.1 Å². The third-order valence-electron chi connectivity index (χ3n) is 3.88. The van der Waals surface area contributed by atoms with Crippen LogP contribution in [-0.2, 0) is 10.2 Å². The first-order chi connectivity index (χ1) is 8.25. The average Bonchev–Trinajstić information content (AvgIpc) is 2.29. The van der Waals surface area contributed by atoms with Gasteiger partial charge in [0.15, 0.2) is 0 Å². The lowest BCUT2D eigenvalue weighted by Gasteiger charge is -2.37. The molecule has 0 amide bonds. The number of aldehydes is 1. The van der Waals surface area contributed by atoms with E-state index in [1.165, 1.54) is 0 Å². The maximum Gasteiger partial charge on any atom is 0.130 e. The highest BCUT2D eigenvalue weighted by molar-refractivity contribution is 6.35. The van der Waals surface area contributed by atoms with E-state index in [-0.39, 0.29) is 5.41 Å². The van der Waals surface area contributed by atoms with E-state index in [4.69, 9.17) is 11.6 Å². The quantitative estimate of drug-likeness (QED) is 0.727. The summed E-state index contributed by atoms with van der Waals surface area (Å²) in [5, 5.41) is 2.92. The molecule has 0 N–H and O–H groups in total. The molecule has 1 saturated carbocycles. The van der Waals surface area contributed by atoms with Gasteiger partial charge in [0, 0.05) is 10.4 Å². The average molecular weight is 245 g/mol. The van der Waals surface area contributed by atoms with E-state index in [2.05, 4.69) is 18.2 Å². The van der Waals surface area contributed by atoms with Crippen LogP contribution >= 0.6 is 11.6 Å². The number of benzene rings is 2. The van der Waals surface area contributed by atoms with Crippen molar-refractivity contribution >= 4 is 28.7 Å². The Kier molecular flexibility index (Phi) is 2.44. The molecule has 1 fully saturated rings. The zero-order chi connectivity index (χ0) is 11.9. The molecule has 1 aliphatic rings. The summed E-state index contributed by atoms with van der Waals surface area (Å²) in [6, 6.07) is 12.1. The van der Waals surface area contributed by atoms with Crippen molar-refractivity contribution in [2.45, 2.75) is 24.7 Å². The molecule has 0 atom stereocenters. The Balaban J connectivity index is 2.19. The Hall–Kier alpha value is -1.34. The van der Waals surface area contributed by atoms with Crippen molar-refractivity contribution in [2.75, 3.05) is 0 Å². The van der Waals surface area contributed by atoms with E-state index in [9.17, 15) is 4.79 Å². The third-order valence-corrected chi connectivity index (χ3v) is 4.20. The Morgan fingerprint density at radius 3 is 2.65 bits per heavy atom. The summed E-state index contributed by atoms with van der Waals surface area (Å²) in [6.07, 6.45) is 4.17. The molecule has 0 aliphatic heterocycles. The highest BCUT2D eigenvalue weighted by Crippen LogP contribution is 2.43. The molecule has 0 heterocycles. The van der Waals surface area contributed by atoms with E-state index in [0.29, 0.717) is 0 Å². The van der Waals surface area contributed by atoms with Gasteiger partial charge in [-0.25, -0.2) is 0 Å². The van der Waals surface area contributed by atoms with Crippen LogP contribution in [0.4, 0.5) is 0 Å². The molecule has 1 nitrogen and oxygen atoms in total. The number of halogens is 1. The number of hydrogen-bond acceptors (Lipinski definition) is 1. The molecule has 0 saturated heterocycles. The van der Waals surface area contributed by atoms with Crippen LogP contribution < -0.4 is 0 Å². The van der Waals surface area contributed by atoms with Gasteiger partial charge in [0.1, 0.15) is 6.29 Å². The maximum atomic E-state index is 11.3. The predicted molar refractivity (Wildman–Crippen MR) is 70.6 cm³/mol. The van der Waals surface area contributed by atoms with Crippen LogP contribution in [0.25, 0.3) is 10.8 Å². The van der Waals surface area contributed by atoms with Gasteiger partial charge in [0.2, 0.25) is 0 Å². The lowest BCUT2D eigenvalue weighted by atomic mass is 9.65. The summed E-state index contributed by atoms with van der Waals surface area (Å²) in [6.45, 7) is 0. The molecule has 1 aliphatic carbocycles. The minimum atomic E-state index is -0.243. The number of carbonyl (C=O) groups is 1. The van der Waals surface area contributed by atoms with E-state index < -0.39 is 0 Å². The standard InChI is InChI=1S/C15H13ClO/c16-14-4-1-3-11-5-6-12(9-13(11)14)15(10-17)7-2-8-15/h1,3-6,9-10H,2,7-8H2. The van der Waals surface area contributed by atoms with Gasteiger partial charge in [-0.15, -0.1) is 0 Å². The molecule has 0 bridgehead atoms. The van der Waals surface area contributed by atoms with Gasteiger partial charge in [-0.1, -0.05) is 42.3 Å². The maximum absolute atomic E-state index is 11.3. The van der Waals surface area contributed by atoms with Crippen molar-refractivity contribution in [2.24, 2.45) is 0 Å². The van der Waals surface area contributed by atoms with Crippen LogP contribution in [0.5, 0.6) is 0 Å². The summed E-state index contributed by atoms with van der Waals surface area (Å²) in [7, 11) is 0. The van der Waals surface area contributed by atoms with Crippen LogP contribution in [0.3, 0.4) is 0 Å². The first kappa shape index (κ1) is 10.8. The first-order valence-corrected chi connectivity index (χ1v) is 6.28. The molecular formula is C15H13ClO. The molecule has 86 valence electrons. The van der Waals surface area contributed by atoms with Crippen LogP contribution in [0.15, 0.2) is 36.4 Å². The van der Waals surface area contributed by atoms with E-state index in [1.807, 2.05) is 18.2 Å². The monoisotopic (exact) mass is 244 g/mol. The molecular weight excluding hydrogens is 232 g/mol. The molecule has 17 heavy (non-hydrogen) atoms. The second-order valence-corrected chi connectivity index (χ2v) is 5.21. The Bertz CT molecular complexity index is 584. The zero-order valence-corrected chi connectivity index (χ0v) is 10.2. The number of fused-ring (bicyclic) bond motifs is 1. The van der Waals surface area contributed by atoms with Crippen molar-refractivity contribution in [1.29, 1.82) is 0 Å². The minimum Gasteiger partial charge on any atom is -0.302 e. The summed E-state index contributed by atoms with van der Waals surface area (Å²) >= 11 is 6.20. The van der Waals surface area contributed by atoms with E-state index >= 15 is 0 Å². The van der Waals surface area contributed by atoms with Gasteiger partial charge in [-0.05, 0) is 35.9 Å². The van der Waals surface area contributed by atoms with Crippen molar-refractivity contribution in [1.82, 2.24) is 0 Å². The van der Waals surface area contributed by atoms with E-state index in [1.54, 1.807) is 0 Å². The molecule has 3 rings (SSSR count). The molecule has 2 aromatic rings. The molecule has 2 heteroatoms. The zero-order valence-electron chi connectivity index (χ0n) is 9.45. The highest BCUT2D eigenvalue weighted by atomic mass is 35.5. The Labute approximate surface area is 105 Å². The minimum absolute atomic E-state index is 0.243. The Morgan fingerprint density at radius 1 is 1.18 bits per heavy atom. The largest absolute Gasteiger partial charge is 0.302 e. The van der Waals surface area contributed by atoms with Gasteiger partial charge < -0.3 is 4.79 Å². The van der Waals surface area contributed by atoms with Crippen molar-refractivity contribution in [3.05, 3.63) is 47.0 Å². The Morgan fingerprint density at radius 2 is 2.00 bits per heavy atom. The molecule has 0 spiro atoms. The smallest absolute Gasteiger partial charge is 0.130 e. The van der Waals surface area contributed by atoms with Crippen LogP contribution in [0.1, 0.15) is 24.8 Å². The second-order valence-electron chi connectivity index (χ2n) is 4.80. The van der Waals surface area contributed by atoms with Gasteiger partial charge in [-0.3, -0.25) is 0 Å².